The van der Waals surface area contributed by atoms with Gasteiger partial charge in [-0.25, -0.2) is 4.98 Å². The Labute approximate surface area is 99.3 Å². The molecule has 0 radical (unpaired) electrons. The minimum absolute atomic E-state index is 0.549. The molecule has 0 aromatic carbocycles. The van der Waals surface area contributed by atoms with Crippen LogP contribution in [-0.4, -0.2) is 4.98 Å². The summed E-state index contributed by atoms with van der Waals surface area (Å²) in [5, 5.41) is 3.29. The van der Waals surface area contributed by atoms with Gasteiger partial charge in [0.25, 0.3) is 0 Å². The maximum absolute atomic E-state index is 5.75. The lowest BCUT2D eigenvalue weighted by molar-refractivity contribution is 1.17. The lowest BCUT2D eigenvalue weighted by atomic mass is 10.3. The molecular formula is C12H15N3S. The maximum Gasteiger partial charge on any atom is 0.146 e. The molecule has 4 heteroatoms. The highest BCUT2D eigenvalue weighted by atomic mass is 32.1. The van der Waals surface area contributed by atoms with Gasteiger partial charge < -0.3 is 11.1 Å². The van der Waals surface area contributed by atoms with Crippen LogP contribution < -0.4 is 11.1 Å². The molecule has 0 unspecified atom stereocenters. The van der Waals surface area contributed by atoms with E-state index >= 15 is 0 Å². The van der Waals surface area contributed by atoms with Gasteiger partial charge >= 0.3 is 0 Å². The molecule has 84 valence electrons. The number of nitrogens with two attached hydrogens (primary N) is 1. The van der Waals surface area contributed by atoms with E-state index in [0.717, 1.165) is 12.2 Å². The molecule has 0 amide bonds. The standard InChI is InChI=1S/C12H15N3S/c1-8-6-10(16-9(8)2)7-15-11-4-3-5-14-12(11)13/h3-6,15H,7H2,1-2H3,(H2,13,14). The number of nitrogen functional groups attached to an aromatic ring is 1. The van der Waals surface area contributed by atoms with Gasteiger partial charge in [0.2, 0.25) is 0 Å². The van der Waals surface area contributed by atoms with Crippen molar-refractivity contribution in [1.82, 2.24) is 4.98 Å². The van der Waals surface area contributed by atoms with Gasteiger partial charge in [0.05, 0.1) is 5.69 Å². The largest absolute Gasteiger partial charge is 0.382 e. The predicted molar refractivity (Wildman–Crippen MR) is 69.8 cm³/mol. The number of rotatable bonds is 3. The topological polar surface area (TPSA) is 50.9 Å². The molecule has 0 bridgehead atoms. The summed E-state index contributed by atoms with van der Waals surface area (Å²) in [7, 11) is 0. The quantitative estimate of drug-likeness (QED) is 0.857. The van der Waals surface area contributed by atoms with Crippen LogP contribution in [-0.2, 0) is 6.54 Å². The molecule has 3 nitrogen and oxygen atoms in total. The van der Waals surface area contributed by atoms with Gasteiger partial charge in [-0.1, -0.05) is 0 Å². The van der Waals surface area contributed by atoms with Crippen molar-refractivity contribution in [2.75, 3.05) is 11.1 Å². The third kappa shape index (κ3) is 2.33. The van der Waals surface area contributed by atoms with E-state index < -0.39 is 0 Å². The molecule has 0 aliphatic carbocycles. The van der Waals surface area contributed by atoms with E-state index in [4.69, 9.17) is 5.73 Å². The van der Waals surface area contributed by atoms with Crippen LogP contribution >= 0.6 is 11.3 Å². The molecule has 0 fully saturated rings. The van der Waals surface area contributed by atoms with E-state index in [-0.39, 0.29) is 0 Å². The average molecular weight is 233 g/mol. The molecule has 0 saturated heterocycles. The molecule has 0 saturated carbocycles. The van der Waals surface area contributed by atoms with E-state index in [2.05, 4.69) is 30.2 Å². The Kier molecular flexibility index (Phi) is 3.10. The number of nitrogens with one attached hydrogen (secondary N) is 1. The van der Waals surface area contributed by atoms with Crippen molar-refractivity contribution in [1.29, 1.82) is 0 Å². The highest BCUT2D eigenvalue weighted by molar-refractivity contribution is 7.12. The smallest absolute Gasteiger partial charge is 0.146 e. The van der Waals surface area contributed by atoms with Gasteiger partial charge in [-0.2, -0.15) is 0 Å². The zero-order valence-electron chi connectivity index (χ0n) is 9.45. The first-order valence-electron chi connectivity index (χ1n) is 5.17. The number of thiophene rings is 1. The Morgan fingerprint density at radius 2 is 2.25 bits per heavy atom. The summed E-state index contributed by atoms with van der Waals surface area (Å²) in [6, 6.07) is 6.03. The number of pyridine rings is 1. The lowest BCUT2D eigenvalue weighted by Crippen LogP contribution is -2.02. The molecule has 2 heterocycles. The third-order valence-corrected chi connectivity index (χ3v) is 3.66. The monoisotopic (exact) mass is 233 g/mol. The number of anilines is 2. The van der Waals surface area contributed by atoms with E-state index in [1.807, 2.05) is 23.5 Å². The molecule has 3 N–H and O–H groups in total. The Hall–Kier alpha value is -1.55. The second kappa shape index (κ2) is 4.53. The van der Waals surface area contributed by atoms with Gasteiger partial charge in [0, 0.05) is 22.5 Å². The van der Waals surface area contributed by atoms with Crippen LogP contribution in [0.25, 0.3) is 0 Å². The van der Waals surface area contributed by atoms with Gasteiger partial charge in [-0.05, 0) is 37.6 Å². The summed E-state index contributed by atoms with van der Waals surface area (Å²) < 4.78 is 0. The van der Waals surface area contributed by atoms with Crippen LogP contribution in [0.15, 0.2) is 24.4 Å². The molecule has 0 aliphatic rings. The summed E-state index contributed by atoms with van der Waals surface area (Å²) in [6.07, 6.45) is 1.69. The van der Waals surface area contributed by atoms with Gasteiger partial charge in [0.15, 0.2) is 0 Å². The van der Waals surface area contributed by atoms with Crippen molar-refractivity contribution in [3.63, 3.8) is 0 Å². The minimum Gasteiger partial charge on any atom is -0.382 e. The Morgan fingerprint density at radius 1 is 1.44 bits per heavy atom. The van der Waals surface area contributed by atoms with E-state index in [1.54, 1.807) is 6.20 Å². The number of hydrogen-bond donors (Lipinski definition) is 2. The highest BCUT2D eigenvalue weighted by Crippen LogP contribution is 2.22. The zero-order valence-corrected chi connectivity index (χ0v) is 10.3. The molecule has 2 aromatic heterocycles. The van der Waals surface area contributed by atoms with Gasteiger partial charge in [-0.15, -0.1) is 11.3 Å². The first-order valence-corrected chi connectivity index (χ1v) is 5.99. The van der Waals surface area contributed by atoms with Crippen LogP contribution in [0, 0.1) is 13.8 Å². The number of aryl methyl sites for hydroxylation is 2. The molecule has 0 atom stereocenters. The fraction of sp³-hybridized carbons (Fsp3) is 0.250. The minimum atomic E-state index is 0.549. The third-order valence-electron chi connectivity index (χ3n) is 2.51. The molecule has 2 rings (SSSR count). The summed E-state index contributed by atoms with van der Waals surface area (Å²) in [5.41, 5.74) is 7.99. The second-order valence-corrected chi connectivity index (χ2v) is 5.08. The number of aromatic nitrogens is 1. The van der Waals surface area contributed by atoms with Crippen LogP contribution in [0.5, 0.6) is 0 Å². The average Bonchev–Trinajstić information content (AvgIpc) is 2.57. The van der Waals surface area contributed by atoms with Crippen molar-refractivity contribution in [2.45, 2.75) is 20.4 Å². The van der Waals surface area contributed by atoms with Crippen LogP contribution in [0.1, 0.15) is 15.3 Å². The van der Waals surface area contributed by atoms with Gasteiger partial charge in [-0.3, -0.25) is 0 Å². The summed E-state index contributed by atoms with van der Waals surface area (Å²) in [4.78, 5) is 6.72. The van der Waals surface area contributed by atoms with Crippen molar-refractivity contribution in [3.05, 3.63) is 39.7 Å². The van der Waals surface area contributed by atoms with E-state index in [9.17, 15) is 0 Å². The predicted octanol–water partition coefficient (Wildman–Crippen LogP) is 2.95. The van der Waals surface area contributed by atoms with E-state index in [1.165, 1.54) is 15.3 Å². The first-order chi connectivity index (χ1) is 7.66. The number of hydrogen-bond acceptors (Lipinski definition) is 4. The van der Waals surface area contributed by atoms with Crippen molar-refractivity contribution in [2.24, 2.45) is 0 Å². The van der Waals surface area contributed by atoms with E-state index in [0.29, 0.717) is 5.82 Å². The van der Waals surface area contributed by atoms with Crippen molar-refractivity contribution >= 4 is 22.8 Å². The normalized spacial score (nSPS) is 10.4. The Morgan fingerprint density at radius 3 is 2.88 bits per heavy atom. The second-order valence-electron chi connectivity index (χ2n) is 3.74. The summed E-state index contributed by atoms with van der Waals surface area (Å²) in [6.45, 7) is 5.07. The molecular weight excluding hydrogens is 218 g/mol. The van der Waals surface area contributed by atoms with Crippen molar-refractivity contribution < 1.29 is 0 Å². The lowest BCUT2D eigenvalue weighted by Gasteiger charge is -2.06. The fourth-order valence-corrected chi connectivity index (χ4v) is 2.48. The zero-order chi connectivity index (χ0) is 11.5. The molecule has 2 aromatic rings. The Balaban J connectivity index is 2.05. The van der Waals surface area contributed by atoms with Crippen LogP contribution in [0.4, 0.5) is 11.5 Å². The molecule has 16 heavy (non-hydrogen) atoms. The molecule has 0 spiro atoms. The van der Waals surface area contributed by atoms with Crippen molar-refractivity contribution in [3.8, 4) is 0 Å². The Bertz CT molecular complexity index is 471. The highest BCUT2D eigenvalue weighted by Gasteiger charge is 2.02. The van der Waals surface area contributed by atoms with Crippen LogP contribution in [0.3, 0.4) is 0 Å². The number of nitrogens with zero attached hydrogens (tertiary/aromatic N) is 1. The van der Waals surface area contributed by atoms with Gasteiger partial charge in [0.1, 0.15) is 5.82 Å². The van der Waals surface area contributed by atoms with Crippen LogP contribution in [0.2, 0.25) is 0 Å². The summed E-state index contributed by atoms with van der Waals surface area (Å²) >= 11 is 1.82. The first kappa shape index (κ1) is 11.0. The SMILES string of the molecule is Cc1cc(CNc2cccnc2N)sc1C. The maximum atomic E-state index is 5.75. The summed E-state index contributed by atoms with van der Waals surface area (Å²) in [5.74, 6) is 0.549. The molecule has 0 aliphatic heterocycles. The fourth-order valence-electron chi connectivity index (χ4n) is 1.49.